The van der Waals surface area contributed by atoms with Crippen LogP contribution < -0.4 is 14.8 Å². The molecule has 0 unspecified atom stereocenters. The van der Waals surface area contributed by atoms with Crippen LogP contribution in [0.1, 0.15) is 30.5 Å². The molecule has 1 heterocycles. The number of halogens is 3. The van der Waals surface area contributed by atoms with Gasteiger partial charge in [-0.2, -0.15) is 13.2 Å². The number of carboxylic acids is 1. The highest BCUT2D eigenvalue weighted by Crippen LogP contribution is 2.33. The van der Waals surface area contributed by atoms with Gasteiger partial charge in [-0.1, -0.05) is 18.2 Å². The summed E-state index contributed by atoms with van der Waals surface area (Å²) in [6.45, 7) is 4.59. The lowest BCUT2D eigenvalue weighted by atomic mass is 10.0. The molecule has 0 saturated carbocycles. The van der Waals surface area contributed by atoms with Crippen molar-refractivity contribution in [1.82, 2.24) is 9.97 Å². The standard InChI is InChI=1S/C25H26F3N3O4/c1-3-34-21-11-17(5-6-18(21)12-24(32)33)20-14-23(31-15-30-20)29-10-9-16-7-8-19(25(26,27)28)13-22(16)35-4-2/h5-8,11,13-15H,3-4,9-10,12H2,1-2H3,(H,32,33)(H,29,30,31). The molecular weight excluding hydrogens is 463 g/mol. The van der Waals surface area contributed by atoms with E-state index in [-0.39, 0.29) is 18.8 Å². The number of nitrogens with one attached hydrogen (secondary N) is 1. The number of carbonyl (C=O) groups is 1. The Morgan fingerprint density at radius 2 is 1.66 bits per heavy atom. The number of aliphatic carboxylic acids is 1. The fourth-order valence-corrected chi connectivity index (χ4v) is 3.48. The lowest BCUT2D eigenvalue weighted by Gasteiger charge is -2.14. The van der Waals surface area contributed by atoms with Crippen molar-refractivity contribution in [2.24, 2.45) is 0 Å². The molecule has 35 heavy (non-hydrogen) atoms. The minimum Gasteiger partial charge on any atom is -0.494 e. The highest BCUT2D eigenvalue weighted by atomic mass is 19.4. The third-order valence-corrected chi connectivity index (χ3v) is 5.07. The van der Waals surface area contributed by atoms with Crippen LogP contribution in [0.2, 0.25) is 0 Å². The van der Waals surface area contributed by atoms with Crippen molar-refractivity contribution in [2.45, 2.75) is 32.9 Å². The number of anilines is 1. The molecule has 3 aromatic rings. The second-order valence-electron chi connectivity index (χ2n) is 7.54. The first-order chi connectivity index (χ1) is 16.7. The van der Waals surface area contributed by atoms with E-state index >= 15 is 0 Å². The van der Waals surface area contributed by atoms with E-state index in [0.29, 0.717) is 48.0 Å². The lowest BCUT2D eigenvalue weighted by molar-refractivity contribution is -0.138. The Kier molecular flexibility index (Phi) is 8.51. The Labute approximate surface area is 200 Å². The summed E-state index contributed by atoms with van der Waals surface area (Å²) in [5, 5.41) is 12.3. The van der Waals surface area contributed by atoms with E-state index in [4.69, 9.17) is 14.6 Å². The third-order valence-electron chi connectivity index (χ3n) is 5.07. The number of hydrogen-bond donors (Lipinski definition) is 2. The van der Waals surface area contributed by atoms with E-state index < -0.39 is 17.7 Å². The lowest BCUT2D eigenvalue weighted by Crippen LogP contribution is -2.10. The predicted molar refractivity (Wildman–Crippen MR) is 125 cm³/mol. The highest BCUT2D eigenvalue weighted by Gasteiger charge is 2.31. The number of carboxylic acid groups (broad SMARTS) is 1. The zero-order valence-corrected chi connectivity index (χ0v) is 19.4. The molecule has 0 aliphatic rings. The number of alkyl halides is 3. The summed E-state index contributed by atoms with van der Waals surface area (Å²) in [5.41, 5.74) is 1.80. The largest absolute Gasteiger partial charge is 0.494 e. The molecule has 0 radical (unpaired) electrons. The summed E-state index contributed by atoms with van der Waals surface area (Å²) in [6, 6.07) is 10.4. The number of rotatable bonds is 11. The molecule has 0 aliphatic heterocycles. The molecular formula is C25H26F3N3O4. The number of nitrogens with zero attached hydrogens (tertiary/aromatic N) is 2. The maximum Gasteiger partial charge on any atom is 0.416 e. The van der Waals surface area contributed by atoms with Gasteiger partial charge in [0.2, 0.25) is 0 Å². The molecule has 1 aromatic heterocycles. The van der Waals surface area contributed by atoms with Gasteiger partial charge in [-0.15, -0.1) is 0 Å². The first-order valence-electron chi connectivity index (χ1n) is 11.1. The quantitative estimate of drug-likeness (QED) is 0.380. The van der Waals surface area contributed by atoms with Gasteiger partial charge in [0.15, 0.2) is 0 Å². The molecule has 186 valence electrons. The van der Waals surface area contributed by atoms with Crippen molar-refractivity contribution in [1.29, 1.82) is 0 Å². The molecule has 0 spiro atoms. The molecule has 10 heteroatoms. The smallest absolute Gasteiger partial charge is 0.416 e. The van der Waals surface area contributed by atoms with Crippen molar-refractivity contribution in [3.8, 4) is 22.8 Å². The van der Waals surface area contributed by atoms with Crippen LogP contribution in [0.15, 0.2) is 48.8 Å². The first-order valence-corrected chi connectivity index (χ1v) is 11.1. The van der Waals surface area contributed by atoms with Crippen LogP contribution in [0.4, 0.5) is 19.0 Å². The molecule has 3 rings (SSSR count). The maximum absolute atomic E-state index is 13.0. The Morgan fingerprint density at radius 3 is 2.31 bits per heavy atom. The summed E-state index contributed by atoms with van der Waals surface area (Å²) in [5.74, 6) is 0.267. The third kappa shape index (κ3) is 7.08. The predicted octanol–water partition coefficient (Wildman–Crippen LogP) is 5.24. The average molecular weight is 489 g/mol. The molecule has 0 aliphatic carbocycles. The molecule has 2 aromatic carbocycles. The van der Waals surface area contributed by atoms with E-state index in [1.165, 1.54) is 12.4 Å². The van der Waals surface area contributed by atoms with Crippen molar-refractivity contribution in [3.05, 3.63) is 65.5 Å². The summed E-state index contributed by atoms with van der Waals surface area (Å²) < 4.78 is 50.1. The number of hydrogen-bond acceptors (Lipinski definition) is 6. The highest BCUT2D eigenvalue weighted by molar-refractivity contribution is 5.73. The second-order valence-corrected chi connectivity index (χ2v) is 7.54. The van der Waals surface area contributed by atoms with E-state index in [1.807, 2.05) is 6.92 Å². The summed E-state index contributed by atoms with van der Waals surface area (Å²) >= 11 is 0. The van der Waals surface area contributed by atoms with E-state index in [0.717, 1.165) is 17.7 Å². The molecule has 2 N–H and O–H groups in total. The fourth-order valence-electron chi connectivity index (χ4n) is 3.48. The van der Waals surface area contributed by atoms with Crippen LogP contribution >= 0.6 is 0 Å². The van der Waals surface area contributed by atoms with Crippen LogP contribution in [-0.4, -0.2) is 40.8 Å². The van der Waals surface area contributed by atoms with E-state index in [2.05, 4.69) is 15.3 Å². The topological polar surface area (TPSA) is 93.6 Å². The molecule has 0 amide bonds. The maximum atomic E-state index is 13.0. The molecule has 0 atom stereocenters. The minimum absolute atomic E-state index is 0.153. The summed E-state index contributed by atoms with van der Waals surface area (Å²) in [6.07, 6.45) is -2.77. The van der Waals surface area contributed by atoms with Gasteiger partial charge in [-0.05, 0) is 44.0 Å². The van der Waals surface area contributed by atoms with Gasteiger partial charge in [-0.3, -0.25) is 4.79 Å². The zero-order valence-electron chi connectivity index (χ0n) is 19.4. The van der Waals surface area contributed by atoms with Gasteiger partial charge >= 0.3 is 12.1 Å². The molecule has 0 fully saturated rings. The Bertz CT molecular complexity index is 1170. The minimum atomic E-state index is -4.44. The van der Waals surface area contributed by atoms with Crippen LogP contribution in [0, 0.1) is 0 Å². The van der Waals surface area contributed by atoms with Crippen LogP contribution in [-0.2, 0) is 23.8 Å². The van der Waals surface area contributed by atoms with Gasteiger partial charge in [0, 0.05) is 23.7 Å². The molecule has 0 saturated heterocycles. The van der Waals surface area contributed by atoms with Gasteiger partial charge in [0.05, 0.1) is 30.9 Å². The van der Waals surface area contributed by atoms with Crippen LogP contribution in [0.3, 0.4) is 0 Å². The van der Waals surface area contributed by atoms with Gasteiger partial charge < -0.3 is 19.9 Å². The van der Waals surface area contributed by atoms with Gasteiger partial charge in [0.25, 0.3) is 0 Å². The van der Waals surface area contributed by atoms with Crippen molar-refractivity contribution >= 4 is 11.8 Å². The Morgan fingerprint density at radius 1 is 0.971 bits per heavy atom. The molecule has 7 nitrogen and oxygen atoms in total. The molecule has 0 bridgehead atoms. The van der Waals surface area contributed by atoms with E-state index in [1.54, 1.807) is 31.2 Å². The Balaban J connectivity index is 1.73. The van der Waals surface area contributed by atoms with Gasteiger partial charge in [-0.25, -0.2) is 9.97 Å². The monoisotopic (exact) mass is 489 g/mol. The van der Waals surface area contributed by atoms with Crippen LogP contribution in [0.25, 0.3) is 11.3 Å². The fraction of sp³-hybridized carbons (Fsp3) is 0.320. The summed E-state index contributed by atoms with van der Waals surface area (Å²) in [4.78, 5) is 19.6. The van der Waals surface area contributed by atoms with Crippen molar-refractivity contribution in [2.75, 3.05) is 25.1 Å². The second kappa shape index (κ2) is 11.5. The average Bonchev–Trinajstić information content (AvgIpc) is 2.81. The number of ether oxygens (including phenoxy) is 2. The zero-order chi connectivity index (χ0) is 25.4. The first kappa shape index (κ1) is 25.8. The number of benzene rings is 2. The Hall–Kier alpha value is -3.82. The van der Waals surface area contributed by atoms with Crippen molar-refractivity contribution in [3.63, 3.8) is 0 Å². The summed E-state index contributed by atoms with van der Waals surface area (Å²) in [7, 11) is 0. The van der Waals surface area contributed by atoms with Crippen molar-refractivity contribution < 1.29 is 32.5 Å². The van der Waals surface area contributed by atoms with Gasteiger partial charge in [0.1, 0.15) is 23.6 Å². The normalized spacial score (nSPS) is 11.2. The van der Waals surface area contributed by atoms with E-state index in [9.17, 15) is 18.0 Å². The number of aromatic nitrogens is 2. The van der Waals surface area contributed by atoms with Crippen LogP contribution in [0.5, 0.6) is 11.5 Å². The SMILES string of the molecule is CCOc1cc(C(F)(F)F)ccc1CCNc1cc(-c2ccc(CC(=O)O)c(OCC)c2)ncn1.